The second kappa shape index (κ2) is 7.40. The molecular formula is C20H20FNO6S. The first kappa shape index (κ1) is 19.8. The summed E-state index contributed by atoms with van der Waals surface area (Å²) in [7, 11) is -3.98. The summed E-state index contributed by atoms with van der Waals surface area (Å²) < 4.78 is 47.1. The summed E-state index contributed by atoms with van der Waals surface area (Å²) in [6, 6.07) is 9.01. The topological polar surface area (TPSA) is 113 Å². The molecule has 4 rings (SSSR count). The lowest BCUT2D eigenvalue weighted by atomic mass is 9.92. The molecule has 1 aliphatic carbocycles. The first-order valence-corrected chi connectivity index (χ1v) is 10.7. The number of fused-ring (bicyclic) bond motifs is 3. The Bertz CT molecular complexity index is 1040. The summed E-state index contributed by atoms with van der Waals surface area (Å²) >= 11 is 0. The molecule has 3 N–H and O–H groups in total. The number of aryl methyl sites for hydroxylation is 1. The third-order valence-corrected chi connectivity index (χ3v) is 6.93. The predicted octanol–water partition coefficient (Wildman–Crippen LogP) is 1.80. The Morgan fingerprint density at radius 3 is 2.62 bits per heavy atom. The van der Waals surface area contributed by atoms with Gasteiger partial charge in [0, 0.05) is 24.3 Å². The number of hydrogen-bond donors (Lipinski definition) is 3. The minimum Gasteiger partial charge on any atom is -0.489 e. The van der Waals surface area contributed by atoms with E-state index < -0.39 is 46.0 Å². The summed E-state index contributed by atoms with van der Waals surface area (Å²) in [4.78, 5) is 10.8. The second-order valence-electron chi connectivity index (χ2n) is 7.32. The molecule has 0 radical (unpaired) electrons. The first-order valence-electron chi connectivity index (χ1n) is 9.22. The lowest BCUT2D eigenvalue weighted by Gasteiger charge is -2.22. The summed E-state index contributed by atoms with van der Waals surface area (Å²) in [5.74, 6) is -1.29. The zero-order valence-electron chi connectivity index (χ0n) is 15.3. The highest BCUT2D eigenvalue weighted by atomic mass is 32.2. The van der Waals surface area contributed by atoms with Crippen molar-refractivity contribution in [2.75, 3.05) is 0 Å². The van der Waals surface area contributed by atoms with Gasteiger partial charge in [-0.2, -0.15) is 0 Å². The van der Waals surface area contributed by atoms with Crippen LogP contribution in [0.2, 0.25) is 0 Å². The van der Waals surface area contributed by atoms with Crippen LogP contribution in [-0.4, -0.2) is 42.8 Å². The third kappa shape index (κ3) is 3.73. The van der Waals surface area contributed by atoms with Crippen LogP contribution < -0.4 is 9.46 Å². The summed E-state index contributed by atoms with van der Waals surface area (Å²) in [6.07, 6.45) is -0.859. The van der Waals surface area contributed by atoms with Gasteiger partial charge in [-0.25, -0.2) is 17.5 Å². The van der Waals surface area contributed by atoms with Crippen molar-refractivity contribution < 1.29 is 32.6 Å². The van der Waals surface area contributed by atoms with Gasteiger partial charge in [0.2, 0.25) is 10.0 Å². The average Bonchev–Trinajstić information content (AvgIpc) is 3.16. The van der Waals surface area contributed by atoms with Gasteiger partial charge >= 0.3 is 5.97 Å². The Balaban J connectivity index is 1.62. The molecule has 0 bridgehead atoms. The van der Waals surface area contributed by atoms with Crippen molar-refractivity contribution in [1.82, 2.24) is 4.72 Å². The van der Waals surface area contributed by atoms with Crippen LogP contribution in [0.5, 0.6) is 5.75 Å². The van der Waals surface area contributed by atoms with Gasteiger partial charge in [0.05, 0.1) is 17.0 Å². The average molecular weight is 421 g/mol. The van der Waals surface area contributed by atoms with E-state index in [1.165, 1.54) is 12.1 Å². The highest BCUT2D eigenvalue weighted by Gasteiger charge is 2.51. The van der Waals surface area contributed by atoms with E-state index in [1.807, 2.05) is 6.07 Å². The zero-order chi connectivity index (χ0) is 20.8. The van der Waals surface area contributed by atoms with Gasteiger partial charge in [0.15, 0.2) is 0 Å². The number of para-hydroxylation sites is 1. The second-order valence-corrected chi connectivity index (χ2v) is 9.03. The summed E-state index contributed by atoms with van der Waals surface area (Å²) in [6.45, 7) is 0. The molecule has 4 atom stereocenters. The van der Waals surface area contributed by atoms with Gasteiger partial charge in [-0.05, 0) is 36.2 Å². The maximum Gasteiger partial charge on any atom is 0.303 e. The molecule has 154 valence electrons. The highest BCUT2D eigenvalue weighted by molar-refractivity contribution is 7.89. The predicted molar refractivity (Wildman–Crippen MR) is 101 cm³/mol. The Morgan fingerprint density at radius 1 is 1.21 bits per heavy atom. The van der Waals surface area contributed by atoms with Crippen LogP contribution in [0.25, 0.3) is 0 Å². The standard InChI is InChI=1S/C20H20FNO6S/c21-12-5-7-13(8-6-12)29(26,27)22-19-15(23)10-16-18(19)14-3-1-2-11(20(14)28-16)4-9-17(24)25/h1-3,5-8,15-16,18-19,22-23H,4,9-10H2,(H,24,25). The van der Waals surface area contributed by atoms with Crippen LogP contribution in [0.3, 0.4) is 0 Å². The van der Waals surface area contributed by atoms with Crippen molar-refractivity contribution in [3.63, 3.8) is 0 Å². The Labute approximate surface area is 167 Å². The van der Waals surface area contributed by atoms with Gasteiger partial charge in [-0.1, -0.05) is 18.2 Å². The molecule has 1 fully saturated rings. The van der Waals surface area contributed by atoms with E-state index in [-0.39, 0.29) is 17.7 Å². The minimum absolute atomic E-state index is 0.0433. The molecule has 1 aliphatic heterocycles. The fourth-order valence-electron chi connectivity index (χ4n) is 4.13. The molecule has 0 saturated heterocycles. The molecule has 29 heavy (non-hydrogen) atoms. The summed E-state index contributed by atoms with van der Waals surface area (Å²) in [5, 5.41) is 19.4. The van der Waals surface area contributed by atoms with Gasteiger partial charge in [0.25, 0.3) is 0 Å². The molecule has 4 unspecified atom stereocenters. The van der Waals surface area contributed by atoms with E-state index in [0.717, 1.165) is 23.3 Å². The maximum atomic E-state index is 13.1. The Hall–Kier alpha value is -2.49. The number of rotatable bonds is 6. The van der Waals surface area contributed by atoms with Gasteiger partial charge in [-0.3, -0.25) is 4.79 Å². The van der Waals surface area contributed by atoms with Crippen molar-refractivity contribution in [3.05, 3.63) is 59.4 Å². The molecule has 1 heterocycles. The van der Waals surface area contributed by atoms with E-state index in [0.29, 0.717) is 12.2 Å². The van der Waals surface area contributed by atoms with Crippen molar-refractivity contribution in [1.29, 1.82) is 0 Å². The van der Waals surface area contributed by atoms with E-state index in [1.54, 1.807) is 12.1 Å². The van der Waals surface area contributed by atoms with Crippen molar-refractivity contribution in [3.8, 4) is 5.75 Å². The number of carboxylic acids is 1. The fraction of sp³-hybridized carbons (Fsp3) is 0.350. The van der Waals surface area contributed by atoms with Gasteiger partial charge in [0.1, 0.15) is 17.7 Å². The molecule has 1 saturated carbocycles. The molecule has 0 amide bonds. The minimum atomic E-state index is -3.98. The molecular weight excluding hydrogens is 401 g/mol. The van der Waals surface area contributed by atoms with Crippen molar-refractivity contribution >= 4 is 16.0 Å². The number of hydrogen-bond acceptors (Lipinski definition) is 5. The van der Waals surface area contributed by atoms with Crippen LogP contribution in [0.1, 0.15) is 29.9 Å². The number of aliphatic carboxylic acids is 1. The maximum absolute atomic E-state index is 13.1. The van der Waals surface area contributed by atoms with Crippen molar-refractivity contribution in [2.45, 2.75) is 48.3 Å². The SMILES string of the molecule is O=C(O)CCc1cccc2c1OC1CC(O)C(NS(=O)(=O)c3ccc(F)cc3)C21. The largest absolute Gasteiger partial charge is 0.489 e. The van der Waals surface area contributed by atoms with Crippen LogP contribution in [0, 0.1) is 5.82 Å². The molecule has 7 nitrogen and oxygen atoms in total. The fourth-order valence-corrected chi connectivity index (χ4v) is 5.42. The number of ether oxygens (including phenoxy) is 1. The van der Waals surface area contributed by atoms with E-state index in [4.69, 9.17) is 9.84 Å². The normalized spacial score (nSPS) is 25.3. The zero-order valence-corrected chi connectivity index (χ0v) is 16.1. The van der Waals surface area contributed by atoms with E-state index in [9.17, 15) is 22.7 Å². The van der Waals surface area contributed by atoms with Gasteiger partial charge in [-0.15, -0.1) is 0 Å². The third-order valence-electron chi connectivity index (χ3n) is 5.45. The molecule has 2 aromatic rings. The lowest BCUT2D eigenvalue weighted by molar-refractivity contribution is -0.136. The number of carboxylic acid groups (broad SMARTS) is 1. The van der Waals surface area contributed by atoms with Crippen LogP contribution in [0.15, 0.2) is 47.4 Å². The number of nitrogens with one attached hydrogen (secondary N) is 1. The molecule has 0 aromatic heterocycles. The lowest BCUT2D eigenvalue weighted by Crippen LogP contribution is -2.43. The summed E-state index contributed by atoms with van der Waals surface area (Å²) in [5.41, 5.74) is 1.50. The van der Waals surface area contributed by atoms with Crippen LogP contribution >= 0.6 is 0 Å². The number of carbonyl (C=O) groups is 1. The van der Waals surface area contributed by atoms with Gasteiger partial charge < -0.3 is 14.9 Å². The smallest absolute Gasteiger partial charge is 0.303 e. The number of aliphatic hydroxyl groups is 1. The van der Waals surface area contributed by atoms with E-state index in [2.05, 4.69) is 4.72 Å². The van der Waals surface area contributed by atoms with E-state index >= 15 is 0 Å². The van der Waals surface area contributed by atoms with Crippen LogP contribution in [-0.2, 0) is 21.2 Å². The number of sulfonamides is 1. The van der Waals surface area contributed by atoms with Crippen LogP contribution in [0.4, 0.5) is 4.39 Å². The number of halogens is 1. The first-order chi connectivity index (χ1) is 13.8. The highest BCUT2D eigenvalue weighted by Crippen LogP contribution is 2.49. The number of benzene rings is 2. The molecule has 9 heteroatoms. The Kier molecular flexibility index (Phi) is 5.05. The number of aliphatic hydroxyl groups excluding tert-OH is 1. The monoisotopic (exact) mass is 421 g/mol. The molecule has 2 aliphatic rings. The Morgan fingerprint density at radius 2 is 1.93 bits per heavy atom. The molecule has 2 aromatic carbocycles. The quantitative estimate of drug-likeness (QED) is 0.656. The van der Waals surface area contributed by atoms with Crippen molar-refractivity contribution in [2.24, 2.45) is 0 Å². The molecule has 0 spiro atoms.